The fraction of sp³-hybridized carbons (Fsp3) is 0.154. The van der Waals surface area contributed by atoms with E-state index in [1.54, 1.807) is 6.07 Å². The SMILES string of the molecule is CCc1cccc(OC(=O)c2cncnc2)c1I. The highest BCUT2D eigenvalue weighted by Gasteiger charge is 2.12. The number of hydrogen-bond acceptors (Lipinski definition) is 4. The van der Waals surface area contributed by atoms with E-state index in [-0.39, 0.29) is 0 Å². The zero-order chi connectivity index (χ0) is 13.0. The van der Waals surface area contributed by atoms with Gasteiger partial charge in [-0.3, -0.25) is 0 Å². The number of aryl methyl sites for hydroxylation is 1. The second-order valence-electron chi connectivity index (χ2n) is 3.60. The van der Waals surface area contributed by atoms with E-state index in [0.717, 1.165) is 15.6 Å². The minimum atomic E-state index is -0.443. The van der Waals surface area contributed by atoms with Gasteiger partial charge in [-0.1, -0.05) is 19.1 Å². The number of esters is 1. The Hall–Kier alpha value is -1.50. The monoisotopic (exact) mass is 354 g/mol. The van der Waals surface area contributed by atoms with Gasteiger partial charge in [0.25, 0.3) is 0 Å². The van der Waals surface area contributed by atoms with Crippen molar-refractivity contribution in [3.8, 4) is 5.75 Å². The molecule has 1 aromatic carbocycles. The van der Waals surface area contributed by atoms with Gasteiger partial charge in [-0.25, -0.2) is 14.8 Å². The van der Waals surface area contributed by atoms with Gasteiger partial charge in [0.1, 0.15) is 12.1 Å². The molecule has 1 heterocycles. The summed E-state index contributed by atoms with van der Waals surface area (Å²) >= 11 is 2.19. The summed E-state index contributed by atoms with van der Waals surface area (Å²) in [7, 11) is 0. The summed E-state index contributed by atoms with van der Waals surface area (Å²) < 4.78 is 6.31. The summed E-state index contributed by atoms with van der Waals surface area (Å²) in [6.07, 6.45) is 5.15. The van der Waals surface area contributed by atoms with Crippen LogP contribution in [0.25, 0.3) is 0 Å². The minimum Gasteiger partial charge on any atom is -0.422 e. The Labute approximate surface area is 119 Å². The molecule has 0 amide bonds. The molecule has 0 N–H and O–H groups in total. The summed E-state index contributed by atoms with van der Waals surface area (Å²) in [5.41, 5.74) is 1.50. The number of nitrogens with zero attached hydrogens (tertiary/aromatic N) is 2. The molecule has 0 aliphatic carbocycles. The Morgan fingerprint density at radius 3 is 2.72 bits per heavy atom. The lowest BCUT2D eigenvalue weighted by Crippen LogP contribution is -2.10. The van der Waals surface area contributed by atoms with E-state index >= 15 is 0 Å². The molecule has 92 valence electrons. The van der Waals surface area contributed by atoms with Crippen molar-refractivity contribution < 1.29 is 9.53 Å². The van der Waals surface area contributed by atoms with Crippen LogP contribution < -0.4 is 4.74 Å². The smallest absolute Gasteiger partial charge is 0.346 e. The van der Waals surface area contributed by atoms with Gasteiger partial charge in [-0.05, 0) is 40.6 Å². The van der Waals surface area contributed by atoms with Gasteiger partial charge >= 0.3 is 5.97 Å². The number of aromatic nitrogens is 2. The first-order chi connectivity index (χ1) is 8.72. The standard InChI is InChI=1S/C13H11IN2O2/c1-2-9-4-3-5-11(12(9)14)18-13(17)10-6-15-8-16-7-10/h3-8H,2H2,1H3. The largest absolute Gasteiger partial charge is 0.422 e. The van der Waals surface area contributed by atoms with Crippen molar-refractivity contribution in [3.05, 3.63) is 51.6 Å². The normalized spacial score (nSPS) is 10.1. The molecule has 2 rings (SSSR count). The fourth-order valence-electron chi connectivity index (χ4n) is 1.47. The summed E-state index contributed by atoms with van der Waals surface area (Å²) in [4.78, 5) is 19.4. The Morgan fingerprint density at radius 1 is 1.33 bits per heavy atom. The lowest BCUT2D eigenvalue weighted by atomic mass is 10.2. The first-order valence-corrected chi connectivity index (χ1v) is 6.54. The van der Waals surface area contributed by atoms with Gasteiger partial charge < -0.3 is 4.74 Å². The van der Waals surface area contributed by atoms with Crippen LogP contribution in [-0.2, 0) is 6.42 Å². The number of rotatable bonds is 3. The lowest BCUT2D eigenvalue weighted by molar-refractivity contribution is 0.0732. The molecular formula is C13H11IN2O2. The Kier molecular flexibility index (Phi) is 4.24. The van der Waals surface area contributed by atoms with Crippen LogP contribution in [0.1, 0.15) is 22.8 Å². The van der Waals surface area contributed by atoms with E-state index in [2.05, 4.69) is 39.5 Å². The van der Waals surface area contributed by atoms with E-state index in [4.69, 9.17) is 4.74 Å². The Morgan fingerprint density at radius 2 is 2.06 bits per heavy atom. The van der Waals surface area contributed by atoms with E-state index in [9.17, 15) is 4.79 Å². The van der Waals surface area contributed by atoms with Gasteiger partial charge in [-0.2, -0.15) is 0 Å². The molecule has 4 nitrogen and oxygen atoms in total. The minimum absolute atomic E-state index is 0.343. The van der Waals surface area contributed by atoms with Gasteiger partial charge in [0, 0.05) is 12.4 Å². The molecule has 0 spiro atoms. The third-order valence-electron chi connectivity index (χ3n) is 2.42. The molecular weight excluding hydrogens is 343 g/mol. The molecule has 0 radical (unpaired) electrons. The van der Waals surface area contributed by atoms with Crippen LogP contribution in [0.4, 0.5) is 0 Å². The highest BCUT2D eigenvalue weighted by atomic mass is 127. The van der Waals surface area contributed by atoms with E-state index in [1.807, 2.05) is 12.1 Å². The summed E-state index contributed by atoms with van der Waals surface area (Å²) in [6, 6.07) is 5.68. The maximum atomic E-state index is 11.9. The van der Waals surface area contributed by atoms with Gasteiger partial charge in [-0.15, -0.1) is 0 Å². The van der Waals surface area contributed by atoms with Crippen LogP contribution in [0.2, 0.25) is 0 Å². The first kappa shape index (κ1) is 12.9. The van der Waals surface area contributed by atoms with Crippen molar-refractivity contribution in [3.63, 3.8) is 0 Å². The third kappa shape index (κ3) is 2.84. The predicted octanol–water partition coefficient (Wildman–Crippen LogP) is 2.86. The quantitative estimate of drug-likeness (QED) is 0.483. The average molecular weight is 354 g/mol. The van der Waals surface area contributed by atoms with Gasteiger partial charge in [0.15, 0.2) is 0 Å². The van der Waals surface area contributed by atoms with E-state index in [1.165, 1.54) is 18.7 Å². The number of halogens is 1. The first-order valence-electron chi connectivity index (χ1n) is 5.47. The second-order valence-corrected chi connectivity index (χ2v) is 4.68. The molecule has 0 saturated carbocycles. The van der Waals surface area contributed by atoms with Gasteiger partial charge in [0.05, 0.1) is 9.13 Å². The maximum absolute atomic E-state index is 11.9. The van der Waals surface area contributed by atoms with Crippen molar-refractivity contribution in [2.24, 2.45) is 0 Å². The molecule has 2 aromatic rings. The Balaban J connectivity index is 2.22. The zero-order valence-electron chi connectivity index (χ0n) is 9.76. The number of carbonyl (C=O) groups excluding carboxylic acids is 1. The van der Waals surface area contributed by atoms with E-state index < -0.39 is 5.97 Å². The highest BCUT2D eigenvalue weighted by Crippen LogP contribution is 2.25. The predicted molar refractivity (Wildman–Crippen MR) is 75.5 cm³/mol. The molecule has 1 aromatic heterocycles. The van der Waals surface area contributed by atoms with Crippen molar-refractivity contribution in [1.29, 1.82) is 0 Å². The topological polar surface area (TPSA) is 52.1 Å². The molecule has 0 unspecified atom stereocenters. The third-order valence-corrected chi connectivity index (χ3v) is 3.65. The van der Waals surface area contributed by atoms with Crippen LogP contribution in [0, 0.1) is 3.57 Å². The van der Waals surface area contributed by atoms with Crippen molar-refractivity contribution in [2.75, 3.05) is 0 Å². The summed E-state index contributed by atoms with van der Waals surface area (Å²) in [5.74, 6) is 0.130. The molecule has 18 heavy (non-hydrogen) atoms. The van der Waals surface area contributed by atoms with Crippen LogP contribution >= 0.6 is 22.6 Å². The van der Waals surface area contributed by atoms with Crippen molar-refractivity contribution >= 4 is 28.6 Å². The van der Waals surface area contributed by atoms with Crippen LogP contribution in [0.5, 0.6) is 5.75 Å². The van der Waals surface area contributed by atoms with E-state index in [0.29, 0.717) is 11.3 Å². The van der Waals surface area contributed by atoms with Crippen LogP contribution in [0.15, 0.2) is 36.9 Å². The summed E-state index contributed by atoms with van der Waals surface area (Å²) in [5, 5.41) is 0. The molecule has 0 saturated heterocycles. The lowest BCUT2D eigenvalue weighted by Gasteiger charge is -2.08. The molecule has 0 fully saturated rings. The van der Waals surface area contributed by atoms with Crippen LogP contribution in [0.3, 0.4) is 0 Å². The second kappa shape index (κ2) is 5.90. The maximum Gasteiger partial charge on any atom is 0.346 e. The van der Waals surface area contributed by atoms with Crippen molar-refractivity contribution in [1.82, 2.24) is 9.97 Å². The Bertz CT molecular complexity index is 558. The number of ether oxygens (including phenoxy) is 1. The molecule has 0 aliphatic heterocycles. The number of carbonyl (C=O) groups is 1. The fourth-order valence-corrected chi connectivity index (χ4v) is 2.32. The summed E-state index contributed by atoms with van der Waals surface area (Å²) in [6.45, 7) is 2.06. The van der Waals surface area contributed by atoms with Crippen molar-refractivity contribution in [2.45, 2.75) is 13.3 Å². The average Bonchev–Trinajstić information content (AvgIpc) is 2.42. The molecule has 0 aliphatic rings. The van der Waals surface area contributed by atoms with Gasteiger partial charge in [0.2, 0.25) is 0 Å². The molecule has 0 bridgehead atoms. The highest BCUT2D eigenvalue weighted by molar-refractivity contribution is 14.1. The molecule has 5 heteroatoms. The molecule has 0 atom stereocenters. The number of benzene rings is 1. The zero-order valence-corrected chi connectivity index (χ0v) is 11.9. The number of hydrogen-bond donors (Lipinski definition) is 0. The van der Waals surface area contributed by atoms with Crippen LogP contribution in [-0.4, -0.2) is 15.9 Å².